The molecule has 0 aliphatic rings. The van der Waals surface area contributed by atoms with Crippen molar-refractivity contribution in [1.29, 1.82) is 0 Å². The van der Waals surface area contributed by atoms with Gasteiger partial charge < -0.3 is 10.4 Å². The van der Waals surface area contributed by atoms with Crippen molar-refractivity contribution in [3.63, 3.8) is 0 Å². The summed E-state index contributed by atoms with van der Waals surface area (Å²) in [6.07, 6.45) is 0. The number of nitrogens with one attached hydrogen (secondary N) is 1. The lowest BCUT2D eigenvalue weighted by atomic mass is 9.96. The Morgan fingerprint density at radius 3 is 2.53 bits per heavy atom. The fraction of sp³-hybridized carbons (Fsp3) is 0.600. The Morgan fingerprint density at radius 2 is 1.94 bits per heavy atom. The van der Waals surface area contributed by atoms with Gasteiger partial charge in [0.25, 0.3) is 0 Å². The summed E-state index contributed by atoms with van der Waals surface area (Å²) in [4.78, 5) is 0. The Kier molecular flexibility index (Phi) is 5.66. The summed E-state index contributed by atoms with van der Waals surface area (Å²) in [5.41, 5.74) is 3.98. The van der Waals surface area contributed by atoms with Crippen molar-refractivity contribution in [2.75, 3.05) is 13.2 Å². The maximum Gasteiger partial charge on any atom is 0.0473 e. The molecule has 2 heteroatoms. The molecular weight excluding hydrogens is 210 g/mol. The maximum absolute atomic E-state index is 9.25. The average Bonchev–Trinajstić information content (AvgIpc) is 2.28. The van der Waals surface area contributed by atoms with Gasteiger partial charge in [-0.2, -0.15) is 0 Å². The highest BCUT2D eigenvalue weighted by molar-refractivity contribution is 5.30. The number of benzene rings is 1. The molecule has 2 N–H and O–H groups in total. The number of aliphatic hydroxyl groups is 1. The van der Waals surface area contributed by atoms with Crippen LogP contribution in [0.15, 0.2) is 18.2 Å². The molecule has 17 heavy (non-hydrogen) atoms. The van der Waals surface area contributed by atoms with E-state index in [-0.39, 0.29) is 6.61 Å². The number of hydrogen-bond acceptors (Lipinski definition) is 2. The van der Waals surface area contributed by atoms with Gasteiger partial charge in [0, 0.05) is 19.7 Å². The third kappa shape index (κ3) is 4.49. The molecule has 0 amide bonds. The summed E-state index contributed by atoms with van der Waals surface area (Å²) in [7, 11) is 0. The third-order valence-electron chi connectivity index (χ3n) is 3.40. The Morgan fingerprint density at radius 1 is 1.24 bits per heavy atom. The van der Waals surface area contributed by atoms with Crippen LogP contribution in [-0.2, 0) is 6.54 Å². The Hall–Kier alpha value is -0.860. The molecule has 0 aliphatic carbocycles. The first-order chi connectivity index (χ1) is 8.04. The lowest BCUT2D eigenvalue weighted by Gasteiger charge is -2.19. The van der Waals surface area contributed by atoms with Crippen LogP contribution in [0.2, 0.25) is 0 Å². The van der Waals surface area contributed by atoms with Gasteiger partial charge in [-0.1, -0.05) is 37.6 Å². The van der Waals surface area contributed by atoms with Crippen LogP contribution in [0.1, 0.15) is 30.5 Å². The summed E-state index contributed by atoms with van der Waals surface area (Å²) in [6.45, 7) is 10.6. The number of rotatable bonds is 6. The zero-order valence-electron chi connectivity index (χ0n) is 11.5. The van der Waals surface area contributed by atoms with E-state index >= 15 is 0 Å². The highest BCUT2D eigenvalue weighted by atomic mass is 16.3. The zero-order chi connectivity index (χ0) is 12.8. The first-order valence-electron chi connectivity index (χ1n) is 6.42. The van der Waals surface area contributed by atoms with Crippen LogP contribution < -0.4 is 5.32 Å². The lowest BCUT2D eigenvalue weighted by molar-refractivity contribution is 0.186. The molecule has 0 radical (unpaired) electrons. The van der Waals surface area contributed by atoms with Crippen molar-refractivity contribution < 1.29 is 5.11 Å². The summed E-state index contributed by atoms with van der Waals surface area (Å²) in [5, 5.41) is 12.7. The molecule has 1 atom stereocenters. The van der Waals surface area contributed by atoms with E-state index in [4.69, 9.17) is 0 Å². The Labute approximate surface area is 105 Å². The zero-order valence-corrected chi connectivity index (χ0v) is 11.5. The molecule has 0 spiro atoms. The topological polar surface area (TPSA) is 32.3 Å². The van der Waals surface area contributed by atoms with Crippen molar-refractivity contribution in [2.24, 2.45) is 11.8 Å². The van der Waals surface area contributed by atoms with Crippen LogP contribution in [0.3, 0.4) is 0 Å². The van der Waals surface area contributed by atoms with Gasteiger partial charge in [-0.05, 0) is 36.8 Å². The molecule has 96 valence electrons. The summed E-state index contributed by atoms with van der Waals surface area (Å²) in [6, 6.07) is 6.54. The van der Waals surface area contributed by atoms with Crippen molar-refractivity contribution in [3.8, 4) is 0 Å². The Bertz CT molecular complexity index is 347. The monoisotopic (exact) mass is 235 g/mol. The van der Waals surface area contributed by atoms with Crippen LogP contribution in [0, 0.1) is 25.7 Å². The van der Waals surface area contributed by atoms with Crippen LogP contribution in [0.4, 0.5) is 0 Å². The molecule has 0 bridgehead atoms. The van der Waals surface area contributed by atoms with E-state index < -0.39 is 0 Å². The largest absolute Gasteiger partial charge is 0.396 e. The molecule has 0 heterocycles. The number of aliphatic hydroxyl groups excluding tert-OH is 1. The molecule has 0 fully saturated rings. The molecule has 0 aromatic heterocycles. The van der Waals surface area contributed by atoms with Gasteiger partial charge in [0.2, 0.25) is 0 Å². The van der Waals surface area contributed by atoms with E-state index in [0.29, 0.717) is 11.8 Å². The lowest BCUT2D eigenvalue weighted by Crippen LogP contribution is -2.28. The van der Waals surface area contributed by atoms with Gasteiger partial charge in [0.1, 0.15) is 0 Å². The molecule has 1 rings (SSSR count). The van der Waals surface area contributed by atoms with E-state index in [1.165, 1.54) is 16.7 Å². The number of aryl methyl sites for hydroxylation is 2. The van der Waals surface area contributed by atoms with E-state index in [2.05, 4.69) is 51.2 Å². The molecule has 2 nitrogen and oxygen atoms in total. The van der Waals surface area contributed by atoms with E-state index in [9.17, 15) is 5.11 Å². The second-order valence-corrected chi connectivity index (χ2v) is 5.25. The molecule has 0 saturated carbocycles. The third-order valence-corrected chi connectivity index (χ3v) is 3.40. The van der Waals surface area contributed by atoms with E-state index in [1.807, 2.05) is 0 Å². The minimum Gasteiger partial charge on any atom is -0.396 e. The number of hydrogen-bond donors (Lipinski definition) is 2. The van der Waals surface area contributed by atoms with Gasteiger partial charge in [0.05, 0.1) is 0 Å². The van der Waals surface area contributed by atoms with Gasteiger partial charge in [-0.3, -0.25) is 0 Å². The first-order valence-corrected chi connectivity index (χ1v) is 6.42. The highest BCUT2D eigenvalue weighted by Gasteiger charge is 2.11. The molecular formula is C15H25NO. The van der Waals surface area contributed by atoms with Crippen LogP contribution in [-0.4, -0.2) is 18.3 Å². The fourth-order valence-corrected chi connectivity index (χ4v) is 1.89. The van der Waals surface area contributed by atoms with Crippen molar-refractivity contribution >= 4 is 0 Å². The van der Waals surface area contributed by atoms with Gasteiger partial charge in [0.15, 0.2) is 0 Å². The predicted molar refractivity (Wildman–Crippen MR) is 73.0 cm³/mol. The average molecular weight is 235 g/mol. The summed E-state index contributed by atoms with van der Waals surface area (Å²) in [5.74, 6) is 0.867. The van der Waals surface area contributed by atoms with Crippen LogP contribution in [0.25, 0.3) is 0 Å². The molecule has 0 saturated heterocycles. The van der Waals surface area contributed by atoms with Gasteiger partial charge in [-0.15, -0.1) is 0 Å². The van der Waals surface area contributed by atoms with E-state index in [0.717, 1.165) is 13.1 Å². The van der Waals surface area contributed by atoms with Gasteiger partial charge >= 0.3 is 0 Å². The first kappa shape index (κ1) is 14.2. The van der Waals surface area contributed by atoms with Gasteiger partial charge in [-0.25, -0.2) is 0 Å². The smallest absolute Gasteiger partial charge is 0.0473 e. The fourth-order valence-electron chi connectivity index (χ4n) is 1.89. The predicted octanol–water partition coefficient (Wildman–Crippen LogP) is 2.66. The minimum absolute atomic E-state index is 0.261. The second-order valence-electron chi connectivity index (χ2n) is 5.25. The quantitative estimate of drug-likeness (QED) is 0.794. The summed E-state index contributed by atoms with van der Waals surface area (Å²) < 4.78 is 0. The molecule has 1 unspecified atom stereocenters. The van der Waals surface area contributed by atoms with E-state index in [1.54, 1.807) is 0 Å². The van der Waals surface area contributed by atoms with Crippen LogP contribution >= 0.6 is 0 Å². The maximum atomic E-state index is 9.25. The Balaban J connectivity index is 2.47. The van der Waals surface area contributed by atoms with Crippen molar-refractivity contribution in [1.82, 2.24) is 5.32 Å². The molecule has 0 aliphatic heterocycles. The molecule has 1 aromatic carbocycles. The van der Waals surface area contributed by atoms with Crippen LogP contribution in [0.5, 0.6) is 0 Å². The second kappa shape index (κ2) is 6.77. The van der Waals surface area contributed by atoms with Crippen molar-refractivity contribution in [3.05, 3.63) is 34.9 Å². The van der Waals surface area contributed by atoms with Crippen molar-refractivity contribution in [2.45, 2.75) is 34.2 Å². The minimum atomic E-state index is 0.261. The summed E-state index contributed by atoms with van der Waals surface area (Å²) >= 11 is 0. The standard InChI is InChI=1S/C15H25NO/c1-11(2)15(10-17)9-16-8-14-7-12(3)5-6-13(14)4/h5-7,11,15-17H,8-10H2,1-4H3. The highest BCUT2D eigenvalue weighted by Crippen LogP contribution is 2.12. The SMILES string of the molecule is Cc1ccc(C)c(CNCC(CO)C(C)C)c1. The molecule has 1 aromatic rings. The normalized spacial score (nSPS) is 13.1.